The molecule has 0 saturated carbocycles. The maximum absolute atomic E-state index is 12.1. The number of aromatic nitrogens is 2. The number of pyridine rings is 1. The van der Waals surface area contributed by atoms with Crippen molar-refractivity contribution >= 4 is 17.2 Å². The molecule has 0 aliphatic rings. The van der Waals surface area contributed by atoms with E-state index < -0.39 is 5.56 Å². The van der Waals surface area contributed by atoms with Crippen molar-refractivity contribution < 1.29 is 9.21 Å². The standard InChI is InChI=1S/C14H12N4O3/c15-11-7-16-12-4-3-9(8-18(12)14(11)20)13(19)17-6-10-2-1-5-21-10/h1-5,7-8H,6,15H2,(H,17,19). The van der Waals surface area contributed by atoms with E-state index in [-0.39, 0.29) is 18.1 Å². The summed E-state index contributed by atoms with van der Waals surface area (Å²) >= 11 is 0. The highest BCUT2D eigenvalue weighted by Gasteiger charge is 2.09. The highest BCUT2D eigenvalue weighted by molar-refractivity contribution is 5.94. The molecular formula is C14H12N4O3. The number of nitrogens with one attached hydrogen (secondary N) is 1. The van der Waals surface area contributed by atoms with E-state index in [1.165, 1.54) is 23.1 Å². The van der Waals surface area contributed by atoms with Gasteiger partial charge in [-0.15, -0.1) is 0 Å². The van der Waals surface area contributed by atoms with Gasteiger partial charge in [0.25, 0.3) is 11.5 Å². The number of carbonyl (C=O) groups is 1. The Labute approximate surface area is 119 Å². The van der Waals surface area contributed by atoms with Gasteiger partial charge >= 0.3 is 0 Å². The molecule has 7 nitrogen and oxygen atoms in total. The summed E-state index contributed by atoms with van der Waals surface area (Å²) in [5.74, 6) is 0.329. The number of furan rings is 1. The second-order valence-electron chi connectivity index (χ2n) is 4.43. The van der Waals surface area contributed by atoms with Crippen LogP contribution in [-0.2, 0) is 6.54 Å². The lowest BCUT2D eigenvalue weighted by molar-refractivity contribution is 0.0947. The Morgan fingerprint density at radius 1 is 1.38 bits per heavy atom. The highest BCUT2D eigenvalue weighted by Crippen LogP contribution is 2.05. The lowest BCUT2D eigenvalue weighted by atomic mass is 10.2. The van der Waals surface area contributed by atoms with Gasteiger partial charge in [0.15, 0.2) is 0 Å². The van der Waals surface area contributed by atoms with Gasteiger partial charge in [0.2, 0.25) is 0 Å². The summed E-state index contributed by atoms with van der Waals surface area (Å²) in [7, 11) is 0. The summed E-state index contributed by atoms with van der Waals surface area (Å²) in [6.07, 6.45) is 4.25. The van der Waals surface area contributed by atoms with Gasteiger partial charge in [-0.1, -0.05) is 0 Å². The normalized spacial score (nSPS) is 10.7. The van der Waals surface area contributed by atoms with Gasteiger partial charge in [-0.3, -0.25) is 14.0 Å². The van der Waals surface area contributed by atoms with Gasteiger partial charge in [-0.05, 0) is 24.3 Å². The van der Waals surface area contributed by atoms with Gasteiger partial charge < -0.3 is 15.5 Å². The van der Waals surface area contributed by atoms with E-state index in [0.29, 0.717) is 17.0 Å². The molecule has 21 heavy (non-hydrogen) atoms. The number of nitrogens with zero attached hydrogens (tertiary/aromatic N) is 2. The zero-order chi connectivity index (χ0) is 14.8. The number of nitrogen functional groups attached to an aromatic ring is 1. The van der Waals surface area contributed by atoms with E-state index in [9.17, 15) is 9.59 Å². The monoisotopic (exact) mass is 284 g/mol. The Morgan fingerprint density at radius 3 is 3.00 bits per heavy atom. The van der Waals surface area contributed by atoms with Crippen LogP contribution in [0.5, 0.6) is 0 Å². The van der Waals surface area contributed by atoms with Crippen molar-refractivity contribution in [1.82, 2.24) is 14.7 Å². The Kier molecular flexibility index (Phi) is 3.15. The predicted molar refractivity (Wildman–Crippen MR) is 75.8 cm³/mol. The topological polar surface area (TPSA) is 103 Å². The van der Waals surface area contributed by atoms with Crippen molar-refractivity contribution in [3.05, 3.63) is 64.6 Å². The number of amides is 1. The molecule has 3 rings (SSSR count). The second kappa shape index (κ2) is 5.12. The highest BCUT2D eigenvalue weighted by atomic mass is 16.3. The lowest BCUT2D eigenvalue weighted by Crippen LogP contribution is -2.24. The van der Waals surface area contributed by atoms with Crippen LogP contribution in [0.1, 0.15) is 16.1 Å². The van der Waals surface area contributed by atoms with Crippen molar-refractivity contribution in [3.8, 4) is 0 Å². The van der Waals surface area contributed by atoms with Crippen molar-refractivity contribution in [2.45, 2.75) is 6.54 Å². The molecule has 106 valence electrons. The molecule has 3 heterocycles. The van der Waals surface area contributed by atoms with Crippen LogP contribution in [0.15, 0.2) is 52.1 Å². The molecule has 0 radical (unpaired) electrons. The van der Waals surface area contributed by atoms with Gasteiger partial charge in [-0.2, -0.15) is 0 Å². The third kappa shape index (κ3) is 2.48. The minimum absolute atomic E-state index is 0.0284. The minimum Gasteiger partial charge on any atom is -0.467 e. The molecule has 0 aliphatic carbocycles. The van der Waals surface area contributed by atoms with E-state index in [1.54, 1.807) is 24.3 Å². The Morgan fingerprint density at radius 2 is 2.24 bits per heavy atom. The fraction of sp³-hybridized carbons (Fsp3) is 0.0714. The number of rotatable bonds is 3. The first kappa shape index (κ1) is 12.9. The second-order valence-corrected chi connectivity index (χ2v) is 4.43. The van der Waals surface area contributed by atoms with Gasteiger partial charge in [0.1, 0.15) is 17.1 Å². The molecular weight excluding hydrogens is 272 g/mol. The first-order valence-electron chi connectivity index (χ1n) is 6.22. The molecule has 0 saturated heterocycles. The molecule has 0 unspecified atom stereocenters. The third-order valence-electron chi connectivity index (χ3n) is 2.99. The van der Waals surface area contributed by atoms with Crippen LogP contribution in [0.25, 0.3) is 5.65 Å². The van der Waals surface area contributed by atoms with Crippen LogP contribution in [0.4, 0.5) is 5.69 Å². The van der Waals surface area contributed by atoms with Crippen molar-refractivity contribution in [2.24, 2.45) is 0 Å². The average Bonchev–Trinajstić information content (AvgIpc) is 3.02. The molecule has 0 aliphatic heterocycles. The molecule has 0 spiro atoms. The van der Waals surface area contributed by atoms with E-state index >= 15 is 0 Å². The number of fused-ring (bicyclic) bond motifs is 1. The van der Waals surface area contributed by atoms with E-state index in [4.69, 9.17) is 10.2 Å². The number of carbonyl (C=O) groups excluding carboxylic acids is 1. The fourth-order valence-corrected chi connectivity index (χ4v) is 1.91. The predicted octanol–water partition coefficient (Wildman–Crippen LogP) is 0.800. The molecule has 0 bridgehead atoms. The van der Waals surface area contributed by atoms with E-state index in [1.807, 2.05) is 0 Å². The van der Waals surface area contributed by atoms with Crippen molar-refractivity contribution in [2.75, 3.05) is 5.73 Å². The summed E-state index contributed by atoms with van der Waals surface area (Å²) in [5.41, 5.74) is 5.92. The molecule has 0 fully saturated rings. The maximum Gasteiger partial charge on any atom is 0.281 e. The molecule has 0 atom stereocenters. The smallest absolute Gasteiger partial charge is 0.281 e. The summed E-state index contributed by atoms with van der Waals surface area (Å²) in [6, 6.07) is 6.68. The van der Waals surface area contributed by atoms with Gasteiger partial charge in [0, 0.05) is 6.20 Å². The fourth-order valence-electron chi connectivity index (χ4n) is 1.91. The largest absolute Gasteiger partial charge is 0.467 e. The molecule has 0 aromatic carbocycles. The van der Waals surface area contributed by atoms with Crippen LogP contribution in [0.3, 0.4) is 0 Å². The SMILES string of the molecule is Nc1cnc2ccc(C(=O)NCc3ccco3)cn2c1=O. The Bertz CT molecular complexity index is 852. The molecule has 3 aromatic heterocycles. The number of hydrogen-bond acceptors (Lipinski definition) is 5. The quantitative estimate of drug-likeness (QED) is 0.740. The summed E-state index contributed by atoms with van der Waals surface area (Å²) in [6.45, 7) is 0.272. The maximum atomic E-state index is 12.1. The van der Waals surface area contributed by atoms with Crippen LogP contribution in [0, 0.1) is 0 Å². The van der Waals surface area contributed by atoms with Crippen molar-refractivity contribution in [3.63, 3.8) is 0 Å². The zero-order valence-corrected chi connectivity index (χ0v) is 10.9. The summed E-state index contributed by atoms with van der Waals surface area (Å²) in [4.78, 5) is 28.0. The Balaban J connectivity index is 1.88. The van der Waals surface area contributed by atoms with Gasteiger partial charge in [0.05, 0.1) is 24.6 Å². The van der Waals surface area contributed by atoms with Crippen LogP contribution in [0.2, 0.25) is 0 Å². The molecule has 3 N–H and O–H groups in total. The molecule has 3 aromatic rings. The van der Waals surface area contributed by atoms with E-state index in [2.05, 4.69) is 10.3 Å². The van der Waals surface area contributed by atoms with E-state index in [0.717, 1.165) is 0 Å². The third-order valence-corrected chi connectivity index (χ3v) is 2.99. The number of anilines is 1. The van der Waals surface area contributed by atoms with Crippen molar-refractivity contribution in [1.29, 1.82) is 0 Å². The summed E-state index contributed by atoms with van der Waals surface area (Å²) in [5, 5.41) is 2.70. The number of nitrogens with two attached hydrogens (primary N) is 1. The Hall–Kier alpha value is -3.09. The first-order valence-corrected chi connectivity index (χ1v) is 6.22. The zero-order valence-electron chi connectivity index (χ0n) is 10.9. The van der Waals surface area contributed by atoms with Crippen LogP contribution >= 0.6 is 0 Å². The lowest BCUT2D eigenvalue weighted by Gasteiger charge is -2.06. The first-order chi connectivity index (χ1) is 10.1. The van der Waals surface area contributed by atoms with Crippen LogP contribution in [-0.4, -0.2) is 15.3 Å². The molecule has 1 amide bonds. The van der Waals surface area contributed by atoms with Gasteiger partial charge in [-0.25, -0.2) is 4.98 Å². The summed E-state index contributed by atoms with van der Waals surface area (Å²) < 4.78 is 6.38. The number of hydrogen-bond donors (Lipinski definition) is 2. The molecule has 7 heteroatoms. The average molecular weight is 284 g/mol. The minimum atomic E-state index is -0.402. The van der Waals surface area contributed by atoms with Crippen LogP contribution < -0.4 is 16.6 Å².